The molecule has 0 bridgehead atoms. The van der Waals surface area contributed by atoms with E-state index in [1.165, 1.54) is 107 Å². The maximum atomic E-state index is 7.79. The van der Waals surface area contributed by atoms with Gasteiger partial charge in [-0.15, -0.1) is 21.6 Å². The maximum Gasteiger partial charge on any atom is 0.265 e. The molecular weight excluding hydrogens is 623 g/mol. The smallest absolute Gasteiger partial charge is 0.265 e. The number of azo groups is 1. The molecule has 0 radical (unpaired) electrons. The lowest BCUT2D eigenvalue weighted by molar-refractivity contribution is 0.234. The third-order valence-corrected chi connectivity index (χ3v) is 11.3. The van der Waals surface area contributed by atoms with E-state index in [2.05, 4.69) is 88.4 Å². The van der Waals surface area contributed by atoms with Gasteiger partial charge in [-0.2, -0.15) is 0 Å². The molecule has 0 aliphatic heterocycles. The number of aromatic nitrogens is 1. The van der Waals surface area contributed by atoms with Gasteiger partial charge in [-0.25, -0.2) is 9.83 Å². The van der Waals surface area contributed by atoms with E-state index < -0.39 is 0 Å². The number of hydrogen-bond donors (Lipinski definition) is 0. The van der Waals surface area contributed by atoms with Gasteiger partial charge in [0.05, 0.1) is 18.9 Å². The van der Waals surface area contributed by atoms with Crippen LogP contribution in [0.25, 0.3) is 4.85 Å². The molecule has 0 amide bonds. The molecule has 7 heteroatoms. The molecule has 6 nitrogen and oxygen atoms in total. The summed E-state index contributed by atoms with van der Waals surface area (Å²) in [7, 11) is 0. The second kappa shape index (κ2) is 25.5. The standard InChI is InChI=1S/C42H71N5OS/c1-10-18-22-33(14-5)28-39-41(43-9)49-42(44-39)46-45-38-27-26-37(29-40(38)48-32-36(17-8)25-21-13-4)47(30-34(15-6)23-19-11-2)31-35(16-7)24-20-12-3/h26-27,29,33-36H,10-25,28,30-32H2,1-8H3. The van der Waals surface area contributed by atoms with Crippen LogP contribution >= 0.6 is 11.3 Å². The Bertz CT molecular complexity index is 1200. The van der Waals surface area contributed by atoms with E-state index >= 15 is 0 Å². The highest BCUT2D eigenvalue weighted by molar-refractivity contribution is 7.19. The van der Waals surface area contributed by atoms with Gasteiger partial charge in [0.1, 0.15) is 11.4 Å². The number of nitrogens with zero attached hydrogens (tertiary/aromatic N) is 5. The van der Waals surface area contributed by atoms with Gasteiger partial charge in [-0.1, -0.05) is 139 Å². The number of unbranched alkanes of at least 4 members (excludes halogenated alkanes) is 4. The van der Waals surface area contributed by atoms with Crippen LogP contribution in [0, 0.1) is 30.2 Å². The maximum absolute atomic E-state index is 7.79. The predicted molar refractivity (Wildman–Crippen MR) is 214 cm³/mol. The van der Waals surface area contributed by atoms with Crippen LogP contribution in [0.2, 0.25) is 0 Å². The van der Waals surface area contributed by atoms with Crippen molar-refractivity contribution < 1.29 is 4.74 Å². The SMILES string of the molecule is [C-]#[N+]c1sc(N=Nc2ccc(N(CC(CC)CCCC)CC(CC)CCCC)cc2OCC(CC)CCCC)nc1CC(CC)CCCC. The van der Waals surface area contributed by atoms with E-state index in [4.69, 9.17) is 21.4 Å². The monoisotopic (exact) mass is 694 g/mol. The van der Waals surface area contributed by atoms with E-state index in [1.807, 2.05) is 0 Å². The lowest BCUT2D eigenvalue weighted by Crippen LogP contribution is -2.34. The molecule has 0 saturated heterocycles. The van der Waals surface area contributed by atoms with E-state index in [1.54, 1.807) is 0 Å². The Balaban J connectivity index is 2.49. The molecule has 2 rings (SSSR count). The predicted octanol–water partition coefficient (Wildman–Crippen LogP) is 14.7. The fourth-order valence-electron chi connectivity index (χ4n) is 6.65. The summed E-state index contributed by atoms with van der Waals surface area (Å²) in [4.78, 5) is 11.3. The van der Waals surface area contributed by atoms with Crippen LogP contribution < -0.4 is 9.64 Å². The van der Waals surface area contributed by atoms with Crippen LogP contribution in [0.1, 0.15) is 164 Å². The fourth-order valence-corrected chi connectivity index (χ4v) is 7.36. The molecule has 0 spiro atoms. The number of anilines is 1. The van der Waals surface area contributed by atoms with E-state index in [9.17, 15) is 0 Å². The number of ether oxygens (including phenoxy) is 1. The van der Waals surface area contributed by atoms with Crippen LogP contribution in [0.4, 0.5) is 21.5 Å². The van der Waals surface area contributed by atoms with Gasteiger partial charge < -0.3 is 9.64 Å². The number of rotatable bonds is 28. The first kappa shape index (κ1) is 42.7. The molecule has 0 aliphatic rings. The third kappa shape index (κ3) is 15.5. The van der Waals surface area contributed by atoms with Crippen molar-refractivity contribution in [2.24, 2.45) is 33.9 Å². The minimum Gasteiger partial charge on any atom is -0.491 e. The Morgan fingerprint density at radius 2 is 1.27 bits per heavy atom. The Labute approximate surface area is 305 Å². The second-order valence-electron chi connectivity index (χ2n) is 14.3. The average Bonchev–Trinajstić information content (AvgIpc) is 3.53. The van der Waals surface area contributed by atoms with Crippen LogP contribution in [-0.2, 0) is 6.42 Å². The van der Waals surface area contributed by atoms with Gasteiger partial charge in [0, 0.05) is 24.8 Å². The second-order valence-corrected chi connectivity index (χ2v) is 15.3. The highest BCUT2D eigenvalue weighted by Crippen LogP contribution is 2.39. The summed E-state index contributed by atoms with van der Waals surface area (Å²) in [5.74, 6) is 3.22. The average molecular weight is 694 g/mol. The molecule has 49 heavy (non-hydrogen) atoms. The molecule has 0 N–H and O–H groups in total. The van der Waals surface area contributed by atoms with Crippen molar-refractivity contribution in [1.82, 2.24) is 4.98 Å². The highest BCUT2D eigenvalue weighted by atomic mass is 32.1. The Morgan fingerprint density at radius 3 is 1.78 bits per heavy atom. The lowest BCUT2D eigenvalue weighted by Gasteiger charge is -2.33. The zero-order valence-corrected chi connectivity index (χ0v) is 33.6. The molecule has 4 unspecified atom stereocenters. The summed E-state index contributed by atoms with van der Waals surface area (Å²) >= 11 is 1.36. The van der Waals surface area contributed by atoms with E-state index in [0.29, 0.717) is 40.4 Å². The molecule has 1 aromatic heterocycles. The van der Waals surface area contributed by atoms with Gasteiger partial charge >= 0.3 is 0 Å². The molecule has 0 fully saturated rings. The lowest BCUT2D eigenvalue weighted by atomic mass is 9.94. The van der Waals surface area contributed by atoms with Gasteiger partial charge in [-0.05, 0) is 61.5 Å². The quantitative estimate of drug-likeness (QED) is 0.0658. The Hall–Kier alpha value is -2.46. The van der Waals surface area contributed by atoms with Crippen LogP contribution in [-0.4, -0.2) is 24.7 Å². The fraction of sp³-hybridized carbons (Fsp3) is 0.762. The summed E-state index contributed by atoms with van der Waals surface area (Å²) in [6.45, 7) is 28.9. The Kier molecular flexibility index (Phi) is 22.2. The topological polar surface area (TPSA) is 54.4 Å². The van der Waals surface area contributed by atoms with Crippen molar-refractivity contribution in [1.29, 1.82) is 0 Å². The zero-order valence-electron chi connectivity index (χ0n) is 32.7. The van der Waals surface area contributed by atoms with Crippen LogP contribution in [0.15, 0.2) is 28.4 Å². The molecule has 1 aromatic carbocycles. The van der Waals surface area contributed by atoms with E-state index in [-0.39, 0.29) is 0 Å². The number of hydrogen-bond acceptors (Lipinski definition) is 6. The molecule has 1 heterocycles. The van der Waals surface area contributed by atoms with Crippen molar-refractivity contribution in [3.05, 3.63) is 35.3 Å². The summed E-state index contributed by atoms with van der Waals surface area (Å²) in [5, 5.41) is 10.6. The van der Waals surface area contributed by atoms with Crippen LogP contribution in [0.5, 0.6) is 5.75 Å². The third-order valence-electron chi connectivity index (χ3n) is 10.4. The first-order valence-electron chi connectivity index (χ1n) is 20.2. The zero-order chi connectivity index (χ0) is 35.9. The molecule has 0 aliphatic carbocycles. The molecule has 2 aromatic rings. The molecule has 4 atom stereocenters. The largest absolute Gasteiger partial charge is 0.491 e. The van der Waals surface area contributed by atoms with Gasteiger partial charge in [-0.3, -0.25) is 0 Å². The van der Waals surface area contributed by atoms with Crippen molar-refractivity contribution in [3.8, 4) is 5.75 Å². The first-order chi connectivity index (χ1) is 23.9. The van der Waals surface area contributed by atoms with Crippen molar-refractivity contribution in [2.45, 2.75) is 165 Å². The summed E-state index contributed by atoms with van der Waals surface area (Å²) < 4.78 is 6.67. The van der Waals surface area contributed by atoms with Crippen LogP contribution in [0.3, 0.4) is 0 Å². The van der Waals surface area contributed by atoms with Crippen molar-refractivity contribution >= 4 is 32.8 Å². The molecular formula is C42H71N5OS. The number of thiazole rings is 1. The molecule has 276 valence electrons. The summed E-state index contributed by atoms with van der Waals surface area (Å²) in [6, 6.07) is 6.56. The highest BCUT2D eigenvalue weighted by Gasteiger charge is 2.20. The molecule has 0 saturated carbocycles. The normalized spacial score (nSPS) is 14.1. The van der Waals surface area contributed by atoms with E-state index in [0.717, 1.165) is 49.5 Å². The minimum absolute atomic E-state index is 0.517. The first-order valence-corrected chi connectivity index (χ1v) is 21.0. The summed E-state index contributed by atoms with van der Waals surface area (Å²) in [6.07, 6.45) is 20.2. The summed E-state index contributed by atoms with van der Waals surface area (Å²) in [5.41, 5.74) is 2.84. The van der Waals surface area contributed by atoms with Crippen molar-refractivity contribution in [2.75, 3.05) is 24.6 Å². The number of benzene rings is 1. The van der Waals surface area contributed by atoms with Gasteiger partial charge in [0.15, 0.2) is 0 Å². The van der Waals surface area contributed by atoms with Crippen molar-refractivity contribution in [3.63, 3.8) is 0 Å². The minimum atomic E-state index is 0.517. The van der Waals surface area contributed by atoms with Gasteiger partial charge in [0.25, 0.3) is 5.00 Å². The van der Waals surface area contributed by atoms with Gasteiger partial charge in [0.2, 0.25) is 5.13 Å². The Morgan fingerprint density at radius 1 is 0.735 bits per heavy atom.